The van der Waals surface area contributed by atoms with Crippen LogP contribution in [0.4, 0.5) is 0 Å². The summed E-state index contributed by atoms with van der Waals surface area (Å²) in [7, 11) is 0. The first-order chi connectivity index (χ1) is 10.4. The van der Waals surface area contributed by atoms with Gasteiger partial charge in [-0.3, -0.25) is 9.59 Å². The predicted molar refractivity (Wildman–Crippen MR) is 82.6 cm³/mol. The lowest BCUT2D eigenvalue weighted by Gasteiger charge is -2.14. The van der Waals surface area contributed by atoms with Crippen LogP contribution in [0.15, 0.2) is 18.2 Å². The van der Waals surface area contributed by atoms with E-state index in [9.17, 15) is 14.4 Å². The van der Waals surface area contributed by atoms with Crippen molar-refractivity contribution in [2.75, 3.05) is 6.61 Å². The van der Waals surface area contributed by atoms with Crippen molar-refractivity contribution in [3.05, 3.63) is 34.9 Å². The minimum absolute atomic E-state index is 0.0504. The molecule has 0 saturated carbocycles. The van der Waals surface area contributed by atoms with E-state index in [2.05, 4.69) is 13.8 Å². The molecule has 0 heterocycles. The molecule has 0 aromatic heterocycles. The van der Waals surface area contributed by atoms with Crippen molar-refractivity contribution >= 4 is 18.0 Å². The molecular formula is C17H22O5. The normalized spacial score (nSPS) is 13.4. The van der Waals surface area contributed by atoms with Gasteiger partial charge in [0.05, 0.1) is 5.56 Å². The van der Waals surface area contributed by atoms with Gasteiger partial charge in [0.1, 0.15) is 6.10 Å². The molecule has 0 aliphatic heterocycles. The van der Waals surface area contributed by atoms with Gasteiger partial charge in [-0.25, -0.2) is 4.79 Å². The Bertz CT molecular complexity index is 550. The largest absolute Gasteiger partial charge is 0.478 e. The minimum atomic E-state index is -1.23. The van der Waals surface area contributed by atoms with E-state index in [0.717, 1.165) is 12.8 Å². The van der Waals surface area contributed by atoms with Crippen LogP contribution in [0, 0.1) is 5.92 Å². The summed E-state index contributed by atoms with van der Waals surface area (Å²) in [5.74, 6) is -0.987. The fourth-order valence-corrected chi connectivity index (χ4v) is 1.96. The highest BCUT2D eigenvalue weighted by Gasteiger charge is 2.19. The first-order valence-electron chi connectivity index (χ1n) is 7.39. The molecule has 2 atom stereocenters. The molecule has 120 valence electrons. The van der Waals surface area contributed by atoms with Gasteiger partial charge in [-0.15, -0.1) is 0 Å². The lowest BCUT2D eigenvalue weighted by Crippen LogP contribution is -2.22. The van der Waals surface area contributed by atoms with Crippen molar-refractivity contribution < 1.29 is 24.2 Å². The van der Waals surface area contributed by atoms with E-state index in [1.54, 1.807) is 6.92 Å². The highest BCUT2D eigenvalue weighted by molar-refractivity contribution is 6.04. The minimum Gasteiger partial charge on any atom is -0.478 e. The number of hydrogen-bond donors (Lipinski definition) is 1. The fraction of sp³-hybridized carbons (Fsp3) is 0.471. The van der Waals surface area contributed by atoms with Gasteiger partial charge in [-0.05, 0) is 25.3 Å². The Balaban J connectivity index is 2.78. The summed E-state index contributed by atoms with van der Waals surface area (Å²) in [6, 6.07) is 4.02. The summed E-state index contributed by atoms with van der Waals surface area (Å²) in [4.78, 5) is 34.2. The highest BCUT2D eigenvalue weighted by atomic mass is 16.5. The zero-order valence-electron chi connectivity index (χ0n) is 13.2. The molecule has 5 nitrogen and oxygen atoms in total. The Morgan fingerprint density at radius 3 is 2.55 bits per heavy atom. The molecule has 2 unspecified atom stereocenters. The smallest absolute Gasteiger partial charge is 0.336 e. The number of carboxylic acid groups (broad SMARTS) is 1. The standard InChI is InChI=1S/C17H22O5/c1-4-11(2)7-8-22-12(3)16(19)13-5-6-14(10-18)15(9-13)17(20)21/h5-6,9-12H,4,7-8H2,1-3H3,(H,20,21). The van der Waals surface area contributed by atoms with Gasteiger partial charge < -0.3 is 9.84 Å². The molecule has 1 rings (SSSR count). The van der Waals surface area contributed by atoms with E-state index >= 15 is 0 Å². The number of aldehydes is 1. The van der Waals surface area contributed by atoms with Gasteiger partial charge in [0.15, 0.2) is 12.1 Å². The molecular weight excluding hydrogens is 284 g/mol. The van der Waals surface area contributed by atoms with Crippen molar-refractivity contribution in [3.8, 4) is 0 Å². The number of aromatic carboxylic acids is 1. The number of carboxylic acids is 1. The maximum Gasteiger partial charge on any atom is 0.336 e. The Morgan fingerprint density at radius 2 is 2.00 bits per heavy atom. The van der Waals surface area contributed by atoms with E-state index < -0.39 is 12.1 Å². The third kappa shape index (κ3) is 4.77. The molecule has 0 saturated heterocycles. The Labute approximate surface area is 130 Å². The number of ether oxygens (including phenoxy) is 1. The zero-order chi connectivity index (χ0) is 16.7. The first-order valence-corrected chi connectivity index (χ1v) is 7.39. The second kappa shape index (κ2) is 8.44. The van der Waals surface area contributed by atoms with E-state index in [0.29, 0.717) is 18.8 Å². The summed E-state index contributed by atoms with van der Waals surface area (Å²) in [6.07, 6.45) is 1.75. The number of benzene rings is 1. The topological polar surface area (TPSA) is 80.7 Å². The monoisotopic (exact) mass is 306 g/mol. The van der Waals surface area contributed by atoms with Gasteiger partial charge >= 0.3 is 5.97 Å². The van der Waals surface area contributed by atoms with Crippen molar-refractivity contribution in [2.24, 2.45) is 5.92 Å². The van der Waals surface area contributed by atoms with Crippen LogP contribution in [-0.4, -0.2) is 35.9 Å². The van der Waals surface area contributed by atoms with E-state index in [-0.39, 0.29) is 22.5 Å². The van der Waals surface area contributed by atoms with Gasteiger partial charge in [0.25, 0.3) is 0 Å². The molecule has 1 aromatic carbocycles. The summed E-state index contributed by atoms with van der Waals surface area (Å²) >= 11 is 0. The van der Waals surface area contributed by atoms with Crippen molar-refractivity contribution in [1.29, 1.82) is 0 Å². The average Bonchev–Trinajstić information content (AvgIpc) is 2.52. The molecule has 0 spiro atoms. The molecule has 0 amide bonds. The van der Waals surface area contributed by atoms with Crippen molar-refractivity contribution in [2.45, 2.75) is 39.7 Å². The third-order valence-electron chi connectivity index (χ3n) is 3.74. The van der Waals surface area contributed by atoms with E-state index in [4.69, 9.17) is 9.84 Å². The summed E-state index contributed by atoms with van der Waals surface area (Å²) in [5.41, 5.74) is 0.112. The number of ketones is 1. The van der Waals surface area contributed by atoms with Crippen LogP contribution in [0.5, 0.6) is 0 Å². The lowest BCUT2D eigenvalue weighted by molar-refractivity contribution is 0.0436. The lowest BCUT2D eigenvalue weighted by atomic mass is 10.00. The summed E-state index contributed by atoms with van der Waals surface area (Å²) in [5, 5.41) is 9.07. The maximum atomic E-state index is 12.3. The van der Waals surface area contributed by atoms with Crippen LogP contribution in [-0.2, 0) is 4.74 Å². The van der Waals surface area contributed by atoms with Gasteiger partial charge in [-0.1, -0.05) is 32.4 Å². The van der Waals surface area contributed by atoms with Crippen LogP contribution in [0.25, 0.3) is 0 Å². The molecule has 22 heavy (non-hydrogen) atoms. The second-order valence-electron chi connectivity index (χ2n) is 5.40. The van der Waals surface area contributed by atoms with Gasteiger partial charge in [0.2, 0.25) is 0 Å². The summed E-state index contributed by atoms with van der Waals surface area (Å²) < 4.78 is 5.52. The maximum absolute atomic E-state index is 12.3. The van der Waals surface area contributed by atoms with Crippen molar-refractivity contribution in [3.63, 3.8) is 0 Å². The molecule has 0 radical (unpaired) electrons. The van der Waals surface area contributed by atoms with Gasteiger partial charge in [0, 0.05) is 17.7 Å². The van der Waals surface area contributed by atoms with Crippen LogP contribution in [0.3, 0.4) is 0 Å². The molecule has 1 aromatic rings. The molecule has 0 fully saturated rings. The van der Waals surface area contributed by atoms with E-state index in [1.165, 1.54) is 18.2 Å². The Kier molecular flexibility index (Phi) is 6.92. The molecule has 0 aliphatic rings. The fourth-order valence-electron chi connectivity index (χ4n) is 1.96. The van der Waals surface area contributed by atoms with Crippen LogP contribution < -0.4 is 0 Å². The number of hydrogen-bond acceptors (Lipinski definition) is 4. The van der Waals surface area contributed by atoms with E-state index in [1.807, 2.05) is 0 Å². The number of carbonyl (C=O) groups is 3. The molecule has 0 bridgehead atoms. The van der Waals surface area contributed by atoms with Crippen LogP contribution in [0.1, 0.15) is 64.7 Å². The third-order valence-corrected chi connectivity index (χ3v) is 3.74. The Morgan fingerprint density at radius 1 is 1.32 bits per heavy atom. The van der Waals surface area contributed by atoms with Crippen molar-refractivity contribution in [1.82, 2.24) is 0 Å². The van der Waals surface area contributed by atoms with Crippen LogP contribution in [0.2, 0.25) is 0 Å². The predicted octanol–water partition coefficient (Wildman–Crippen LogP) is 3.22. The zero-order valence-corrected chi connectivity index (χ0v) is 13.2. The quantitative estimate of drug-likeness (QED) is 0.559. The molecule has 5 heteroatoms. The molecule has 0 aliphatic carbocycles. The van der Waals surface area contributed by atoms with Crippen LogP contribution >= 0.6 is 0 Å². The summed E-state index contributed by atoms with van der Waals surface area (Å²) in [6.45, 7) is 6.35. The van der Waals surface area contributed by atoms with Gasteiger partial charge in [-0.2, -0.15) is 0 Å². The Hall–Kier alpha value is -2.01. The number of carbonyl (C=O) groups excluding carboxylic acids is 2. The SMILES string of the molecule is CCC(C)CCOC(C)C(=O)c1ccc(C=O)c(C(=O)O)c1. The number of Topliss-reactive ketones (excluding diaryl/α,β-unsaturated/α-hetero) is 1. The molecule has 1 N–H and O–H groups in total. The highest BCUT2D eigenvalue weighted by Crippen LogP contribution is 2.14. The number of rotatable bonds is 9. The first kappa shape index (κ1) is 18.0. The second-order valence-corrected chi connectivity index (χ2v) is 5.40. The average molecular weight is 306 g/mol.